The van der Waals surface area contributed by atoms with Crippen LogP contribution in [-0.2, 0) is 30.6 Å². The van der Waals surface area contributed by atoms with Gasteiger partial charge in [-0.15, -0.1) is 0 Å². The molecule has 0 aromatic heterocycles. The van der Waals surface area contributed by atoms with Gasteiger partial charge in [-0.2, -0.15) is 52.8 Å². The molecule has 4 heterocycles. The molecule has 4 atom stereocenters. The van der Waals surface area contributed by atoms with Crippen molar-refractivity contribution in [1.29, 1.82) is 0 Å². The highest BCUT2D eigenvalue weighted by molar-refractivity contribution is 7.89. The van der Waals surface area contributed by atoms with Crippen molar-refractivity contribution in [2.24, 2.45) is 0 Å². The molecule has 4 fully saturated rings. The number of hydrogen-bond donors (Lipinski definition) is 4. The molecule has 4 aliphatic heterocycles. The van der Waals surface area contributed by atoms with Gasteiger partial charge in [-0.25, -0.2) is 0 Å². The van der Waals surface area contributed by atoms with Crippen LogP contribution in [0.1, 0.15) is 25.7 Å². The fourth-order valence-corrected chi connectivity index (χ4v) is 8.45. The van der Waals surface area contributed by atoms with E-state index in [1.54, 1.807) is 0 Å². The summed E-state index contributed by atoms with van der Waals surface area (Å²) in [4.78, 5) is 0. The van der Waals surface area contributed by atoms with Gasteiger partial charge < -0.3 is 0 Å². The highest BCUT2D eigenvalue weighted by atomic mass is 32.2. The molecule has 15 heteroatoms. The van der Waals surface area contributed by atoms with E-state index in [-0.39, 0.29) is 25.7 Å². The standard InChI is InChI=1S/C8H16N6O6S3/c15-21(16)9-5-1-2-6-10-22(17,18)12-8-4-3-7(11-21)14(8)23(19,20)13(5)6/h5-12H,1-4H2/t5-,6-,7-,8+/m0/s1. The summed E-state index contributed by atoms with van der Waals surface area (Å²) < 4.78 is 85.5. The fourth-order valence-electron chi connectivity index (χ4n) is 3.55. The molecule has 0 aromatic rings. The van der Waals surface area contributed by atoms with E-state index in [4.69, 9.17) is 0 Å². The van der Waals surface area contributed by atoms with E-state index in [1.165, 1.54) is 0 Å². The Hall–Kier alpha value is -0.390. The van der Waals surface area contributed by atoms with Crippen molar-refractivity contribution in [2.75, 3.05) is 0 Å². The summed E-state index contributed by atoms with van der Waals surface area (Å²) in [6.45, 7) is 0. The smallest absolute Gasteiger partial charge is 0.195 e. The van der Waals surface area contributed by atoms with E-state index in [1.807, 2.05) is 0 Å². The number of hydrogen-bond acceptors (Lipinski definition) is 6. The Morgan fingerprint density at radius 2 is 0.826 bits per heavy atom. The van der Waals surface area contributed by atoms with Gasteiger partial charge in [0.2, 0.25) is 0 Å². The zero-order valence-electron chi connectivity index (χ0n) is 11.7. The van der Waals surface area contributed by atoms with Crippen molar-refractivity contribution in [3.05, 3.63) is 0 Å². The zero-order chi connectivity index (χ0) is 16.6. The van der Waals surface area contributed by atoms with Crippen molar-refractivity contribution in [2.45, 2.75) is 50.3 Å². The van der Waals surface area contributed by atoms with Gasteiger partial charge >= 0.3 is 0 Å². The summed E-state index contributed by atoms with van der Waals surface area (Å²) in [5.41, 5.74) is 0. The lowest BCUT2D eigenvalue weighted by molar-refractivity contribution is 0.213. The van der Waals surface area contributed by atoms with E-state index < -0.39 is 55.3 Å². The van der Waals surface area contributed by atoms with Gasteiger partial charge in [-0.1, -0.05) is 0 Å². The lowest BCUT2D eigenvalue weighted by Crippen LogP contribution is -2.70. The third-order valence-corrected chi connectivity index (χ3v) is 8.77. The molecule has 12 nitrogen and oxygen atoms in total. The highest BCUT2D eigenvalue weighted by Gasteiger charge is 2.56. The molecule has 4 N–H and O–H groups in total. The van der Waals surface area contributed by atoms with Crippen molar-refractivity contribution < 1.29 is 25.3 Å². The van der Waals surface area contributed by atoms with Gasteiger partial charge in [0.15, 0.2) is 0 Å². The third-order valence-electron chi connectivity index (χ3n) is 4.35. The van der Waals surface area contributed by atoms with Crippen LogP contribution >= 0.6 is 0 Å². The molecule has 0 radical (unpaired) electrons. The summed E-state index contributed by atoms with van der Waals surface area (Å²) in [5.74, 6) is 0. The molecule has 4 saturated heterocycles. The maximum atomic E-state index is 13.0. The SMILES string of the molecule is O=S1(=O)N[C@H]2CC[C@H]3NS(=O)(=O)N[C@@H]4CC[C@@H](N1)N4S(=O)(=O)N23. The average Bonchev–Trinajstić information content (AvgIpc) is 2.90. The molecular weight excluding hydrogens is 372 g/mol. The summed E-state index contributed by atoms with van der Waals surface area (Å²) in [5, 5.41) is 0. The summed E-state index contributed by atoms with van der Waals surface area (Å²) in [6, 6.07) is 0. The molecule has 0 amide bonds. The molecule has 4 aliphatic rings. The predicted octanol–water partition coefficient (Wildman–Crippen LogP) is -3.40. The van der Waals surface area contributed by atoms with Gasteiger partial charge in [-0.05, 0) is 25.7 Å². The Labute approximate surface area is 134 Å². The maximum Gasteiger partial charge on any atom is 0.287 e. The Morgan fingerprint density at radius 1 is 0.565 bits per heavy atom. The minimum absolute atomic E-state index is 0.163. The topological polar surface area (TPSA) is 157 Å². The van der Waals surface area contributed by atoms with E-state index in [0.29, 0.717) is 0 Å². The number of rotatable bonds is 0. The Bertz CT molecular complexity index is 736. The van der Waals surface area contributed by atoms with Crippen molar-refractivity contribution in [1.82, 2.24) is 27.5 Å². The first-order valence-electron chi connectivity index (χ1n) is 7.00. The van der Waals surface area contributed by atoms with Crippen LogP contribution in [0.3, 0.4) is 0 Å². The summed E-state index contributed by atoms with van der Waals surface area (Å²) in [6.07, 6.45) is -3.49. The first kappa shape index (κ1) is 16.1. The van der Waals surface area contributed by atoms with Crippen LogP contribution < -0.4 is 18.9 Å². The molecule has 0 spiro atoms. The van der Waals surface area contributed by atoms with E-state index in [9.17, 15) is 25.3 Å². The van der Waals surface area contributed by atoms with Crippen molar-refractivity contribution >= 4 is 30.6 Å². The third kappa shape index (κ3) is 2.50. The first-order chi connectivity index (χ1) is 10.6. The normalized spacial score (nSPS) is 44.9. The minimum atomic E-state index is -4.07. The van der Waals surface area contributed by atoms with Gasteiger partial charge in [0.25, 0.3) is 30.6 Å². The Kier molecular flexibility index (Phi) is 3.38. The monoisotopic (exact) mass is 388 g/mol. The highest BCUT2D eigenvalue weighted by Crippen LogP contribution is 2.35. The van der Waals surface area contributed by atoms with Crippen LogP contribution in [0.4, 0.5) is 0 Å². The molecule has 132 valence electrons. The lowest BCUT2D eigenvalue weighted by Gasteiger charge is -2.41. The average molecular weight is 388 g/mol. The summed E-state index contributed by atoms with van der Waals surface area (Å²) >= 11 is 0. The molecular formula is C8H16N6O6S3. The fraction of sp³-hybridized carbons (Fsp3) is 1.00. The van der Waals surface area contributed by atoms with Crippen LogP contribution in [0.5, 0.6) is 0 Å². The predicted molar refractivity (Wildman–Crippen MR) is 76.6 cm³/mol. The molecule has 0 unspecified atom stereocenters. The van der Waals surface area contributed by atoms with Crippen LogP contribution in [-0.4, -0.2) is 58.5 Å². The van der Waals surface area contributed by atoms with E-state index in [0.717, 1.165) is 8.61 Å². The molecule has 4 rings (SSSR count). The molecule has 0 aromatic carbocycles. The Morgan fingerprint density at radius 3 is 1.09 bits per heavy atom. The van der Waals surface area contributed by atoms with Crippen LogP contribution in [0.15, 0.2) is 0 Å². The zero-order valence-corrected chi connectivity index (χ0v) is 14.2. The van der Waals surface area contributed by atoms with Gasteiger partial charge in [0, 0.05) is 0 Å². The lowest BCUT2D eigenvalue weighted by atomic mass is 10.3. The maximum absolute atomic E-state index is 13.0. The Balaban J connectivity index is 1.91. The number of nitrogens with zero attached hydrogens (tertiary/aromatic N) is 2. The largest absolute Gasteiger partial charge is 0.287 e. The second-order valence-corrected chi connectivity index (χ2v) is 10.6. The second kappa shape index (κ2) is 4.83. The molecule has 0 saturated carbocycles. The number of nitrogens with one attached hydrogen (secondary N) is 4. The quantitative estimate of drug-likeness (QED) is 0.339. The van der Waals surface area contributed by atoms with Gasteiger partial charge in [-0.3, -0.25) is 0 Å². The van der Waals surface area contributed by atoms with Crippen LogP contribution in [0.25, 0.3) is 0 Å². The first-order valence-corrected chi connectivity index (χ1v) is 11.4. The van der Waals surface area contributed by atoms with Gasteiger partial charge in [0.1, 0.15) is 0 Å². The van der Waals surface area contributed by atoms with Gasteiger partial charge in [0.05, 0.1) is 24.7 Å². The molecule has 23 heavy (non-hydrogen) atoms. The van der Waals surface area contributed by atoms with E-state index >= 15 is 0 Å². The van der Waals surface area contributed by atoms with Crippen LogP contribution in [0.2, 0.25) is 0 Å². The van der Waals surface area contributed by atoms with E-state index in [2.05, 4.69) is 18.9 Å². The molecule has 0 aliphatic carbocycles. The summed E-state index contributed by atoms with van der Waals surface area (Å²) in [7, 11) is -11.9. The minimum Gasteiger partial charge on any atom is -0.195 e. The molecule has 2 bridgehead atoms. The van der Waals surface area contributed by atoms with Crippen molar-refractivity contribution in [3.8, 4) is 0 Å². The second-order valence-electron chi connectivity index (χ2n) is 5.86. The van der Waals surface area contributed by atoms with Crippen molar-refractivity contribution in [3.63, 3.8) is 0 Å². The van der Waals surface area contributed by atoms with Crippen LogP contribution in [0, 0.1) is 0 Å².